The molecule has 2 N–H and O–H groups in total. The lowest BCUT2D eigenvalue weighted by Crippen LogP contribution is -2.46. The molecule has 1 aliphatic rings. The predicted octanol–water partition coefficient (Wildman–Crippen LogP) is 1.26. The molecule has 1 amide bonds. The number of hydrogen-bond donors (Lipinski definition) is 2. The Hall–Kier alpha value is -1.06. The Bertz CT molecular complexity index is 259. The van der Waals surface area contributed by atoms with E-state index in [1.165, 1.54) is 0 Å². The number of nitrogens with one attached hydrogen (secondary N) is 1. The second-order valence-corrected chi connectivity index (χ2v) is 4.69. The first-order valence-electron chi connectivity index (χ1n) is 5.46. The van der Waals surface area contributed by atoms with Crippen LogP contribution in [-0.4, -0.2) is 23.0 Å². The number of amides is 1. The summed E-state index contributed by atoms with van der Waals surface area (Å²) in [6.07, 6.45) is 2.18. The molecule has 2 unspecified atom stereocenters. The van der Waals surface area contributed by atoms with Crippen LogP contribution in [0.3, 0.4) is 0 Å². The molecule has 0 aromatic carbocycles. The molecule has 1 aliphatic carbocycles. The van der Waals surface area contributed by atoms with E-state index in [0.29, 0.717) is 5.92 Å². The Kier molecular flexibility index (Phi) is 3.72. The normalized spacial score (nSPS) is 19.7. The molecule has 0 spiro atoms. The van der Waals surface area contributed by atoms with Gasteiger partial charge in [-0.15, -0.1) is 0 Å². The van der Waals surface area contributed by atoms with Crippen molar-refractivity contribution in [1.82, 2.24) is 5.32 Å². The fourth-order valence-electron chi connectivity index (χ4n) is 1.61. The molecule has 0 radical (unpaired) electrons. The van der Waals surface area contributed by atoms with Gasteiger partial charge in [-0.1, -0.05) is 20.8 Å². The molecule has 0 bridgehead atoms. The van der Waals surface area contributed by atoms with Crippen molar-refractivity contribution in [3.8, 4) is 0 Å². The molecule has 15 heavy (non-hydrogen) atoms. The molecule has 0 aromatic rings. The van der Waals surface area contributed by atoms with Crippen LogP contribution in [0.1, 0.15) is 33.6 Å². The average molecular weight is 213 g/mol. The van der Waals surface area contributed by atoms with Crippen molar-refractivity contribution in [3.05, 3.63) is 0 Å². The Morgan fingerprint density at radius 3 is 2.13 bits per heavy atom. The summed E-state index contributed by atoms with van der Waals surface area (Å²) in [5.41, 5.74) is 0. The molecule has 0 saturated heterocycles. The molecule has 4 heteroatoms. The predicted molar refractivity (Wildman–Crippen MR) is 56.3 cm³/mol. The summed E-state index contributed by atoms with van der Waals surface area (Å²) in [4.78, 5) is 22.5. The Morgan fingerprint density at radius 1 is 1.27 bits per heavy atom. The van der Waals surface area contributed by atoms with Crippen molar-refractivity contribution in [2.75, 3.05) is 0 Å². The molecule has 86 valence electrons. The summed E-state index contributed by atoms with van der Waals surface area (Å²) in [6.45, 7) is 5.45. The van der Waals surface area contributed by atoms with E-state index in [1.807, 2.05) is 6.92 Å². The molecule has 0 aromatic heterocycles. The van der Waals surface area contributed by atoms with Gasteiger partial charge in [-0.2, -0.15) is 0 Å². The molecule has 2 atom stereocenters. The third-order valence-corrected chi connectivity index (χ3v) is 2.97. The first kappa shape index (κ1) is 12.0. The highest BCUT2D eigenvalue weighted by atomic mass is 16.4. The van der Waals surface area contributed by atoms with Gasteiger partial charge in [0.2, 0.25) is 5.91 Å². The van der Waals surface area contributed by atoms with Crippen LogP contribution < -0.4 is 5.32 Å². The summed E-state index contributed by atoms with van der Waals surface area (Å²) in [5.74, 6) is -0.755. The number of carboxylic acid groups (broad SMARTS) is 1. The quantitative estimate of drug-likeness (QED) is 0.722. The third kappa shape index (κ3) is 3.22. The summed E-state index contributed by atoms with van der Waals surface area (Å²) >= 11 is 0. The zero-order chi connectivity index (χ0) is 11.6. The molecular weight excluding hydrogens is 194 g/mol. The second-order valence-electron chi connectivity index (χ2n) is 4.69. The van der Waals surface area contributed by atoms with Gasteiger partial charge in [-0.3, -0.25) is 4.79 Å². The van der Waals surface area contributed by atoms with Crippen molar-refractivity contribution in [2.45, 2.75) is 39.7 Å². The Morgan fingerprint density at radius 2 is 1.80 bits per heavy atom. The number of carboxylic acids is 1. The Labute approximate surface area is 90.0 Å². The molecule has 0 aliphatic heterocycles. The van der Waals surface area contributed by atoms with Gasteiger partial charge < -0.3 is 10.4 Å². The van der Waals surface area contributed by atoms with Gasteiger partial charge in [-0.25, -0.2) is 4.79 Å². The highest BCUT2D eigenvalue weighted by molar-refractivity contribution is 5.85. The smallest absolute Gasteiger partial charge is 0.326 e. The molecule has 4 nitrogen and oxygen atoms in total. The number of hydrogen-bond acceptors (Lipinski definition) is 2. The zero-order valence-electron chi connectivity index (χ0n) is 9.49. The lowest BCUT2D eigenvalue weighted by Gasteiger charge is -2.20. The van der Waals surface area contributed by atoms with Gasteiger partial charge in [-0.05, 0) is 24.7 Å². The maximum absolute atomic E-state index is 11.7. The number of carbonyl (C=O) groups is 2. The SMILES string of the molecule is CC(C)C(NC(=O)C(C)C1CC1)C(=O)O. The number of aliphatic carboxylic acids is 1. The summed E-state index contributed by atoms with van der Waals surface area (Å²) in [6, 6.07) is -0.765. The van der Waals surface area contributed by atoms with E-state index in [0.717, 1.165) is 12.8 Å². The molecular formula is C11H19NO3. The van der Waals surface area contributed by atoms with Crippen molar-refractivity contribution in [1.29, 1.82) is 0 Å². The number of rotatable bonds is 5. The largest absolute Gasteiger partial charge is 0.480 e. The van der Waals surface area contributed by atoms with Crippen LogP contribution >= 0.6 is 0 Å². The second kappa shape index (κ2) is 4.64. The lowest BCUT2D eigenvalue weighted by molar-refractivity contribution is -0.143. The molecule has 1 fully saturated rings. The minimum atomic E-state index is -0.957. The molecule has 0 heterocycles. The average Bonchev–Trinajstić information content (AvgIpc) is 2.94. The molecule has 1 rings (SSSR count). The van der Waals surface area contributed by atoms with Gasteiger partial charge in [0, 0.05) is 5.92 Å². The first-order valence-corrected chi connectivity index (χ1v) is 5.46. The van der Waals surface area contributed by atoms with Crippen LogP contribution in [0.15, 0.2) is 0 Å². The highest BCUT2D eigenvalue weighted by Crippen LogP contribution is 2.36. The minimum Gasteiger partial charge on any atom is -0.480 e. The van der Waals surface area contributed by atoms with E-state index in [9.17, 15) is 9.59 Å². The van der Waals surface area contributed by atoms with Crippen LogP contribution in [0.25, 0.3) is 0 Å². The van der Waals surface area contributed by atoms with E-state index in [4.69, 9.17) is 5.11 Å². The van der Waals surface area contributed by atoms with Gasteiger partial charge in [0.25, 0.3) is 0 Å². The van der Waals surface area contributed by atoms with Crippen LogP contribution in [0, 0.1) is 17.8 Å². The van der Waals surface area contributed by atoms with Crippen LogP contribution in [-0.2, 0) is 9.59 Å². The van der Waals surface area contributed by atoms with E-state index in [-0.39, 0.29) is 17.7 Å². The third-order valence-electron chi connectivity index (χ3n) is 2.97. The highest BCUT2D eigenvalue weighted by Gasteiger charge is 2.34. The van der Waals surface area contributed by atoms with Crippen LogP contribution in [0.2, 0.25) is 0 Å². The minimum absolute atomic E-state index is 0.0504. The summed E-state index contributed by atoms with van der Waals surface area (Å²) in [5, 5.41) is 11.5. The first-order chi connectivity index (χ1) is 6.93. The van der Waals surface area contributed by atoms with Crippen LogP contribution in [0.4, 0.5) is 0 Å². The van der Waals surface area contributed by atoms with Crippen molar-refractivity contribution >= 4 is 11.9 Å². The maximum Gasteiger partial charge on any atom is 0.326 e. The van der Waals surface area contributed by atoms with Gasteiger partial charge in [0.05, 0.1) is 0 Å². The monoisotopic (exact) mass is 213 g/mol. The van der Waals surface area contributed by atoms with Crippen molar-refractivity contribution < 1.29 is 14.7 Å². The van der Waals surface area contributed by atoms with Gasteiger partial charge in [0.1, 0.15) is 6.04 Å². The van der Waals surface area contributed by atoms with E-state index >= 15 is 0 Å². The maximum atomic E-state index is 11.7. The number of carbonyl (C=O) groups excluding carboxylic acids is 1. The lowest BCUT2D eigenvalue weighted by atomic mass is 10.0. The van der Waals surface area contributed by atoms with E-state index in [1.54, 1.807) is 13.8 Å². The molecule has 1 saturated carbocycles. The zero-order valence-corrected chi connectivity index (χ0v) is 9.49. The van der Waals surface area contributed by atoms with Gasteiger partial charge in [0.15, 0.2) is 0 Å². The fourth-order valence-corrected chi connectivity index (χ4v) is 1.61. The van der Waals surface area contributed by atoms with Crippen molar-refractivity contribution in [3.63, 3.8) is 0 Å². The topological polar surface area (TPSA) is 66.4 Å². The van der Waals surface area contributed by atoms with E-state index in [2.05, 4.69) is 5.32 Å². The van der Waals surface area contributed by atoms with Gasteiger partial charge >= 0.3 is 5.97 Å². The van der Waals surface area contributed by atoms with Crippen LogP contribution in [0.5, 0.6) is 0 Å². The van der Waals surface area contributed by atoms with E-state index < -0.39 is 12.0 Å². The summed E-state index contributed by atoms with van der Waals surface area (Å²) in [7, 11) is 0. The standard InChI is InChI=1S/C11H19NO3/c1-6(2)9(11(14)15)12-10(13)7(3)8-4-5-8/h6-9H,4-5H2,1-3H3,(H,12,13)(H,14,15). The summed E-state index contributed by atoms with van der Waals surface area (Å²) < 4.78 is 0. The Balaban J connectivity index is 2.49. The fraction of sp³-hybridized carbons (Fsp3) is 0.818. The van der Waals surface area contributed by atoms with Crippen molar-refractivity contribution in [2.24, 2.45) is 17.8 Å².